The van der Waals surface area contributed by atoms with Gasteiger partial charge < -0.3 is 0 Å². The molecule has 0 aromatic carbocycles. The van der Waals surface area contributed by atoms with Crippen molar-refractivity contribution in [2.24, 2.45) is 0 Å². The van der Waals surface area contributed by atoms with Crippen LogP contribution in [0, 0.1) is 0 Å². The first-order valence-corrected chi connectivity index (χ1v) is 3.96. The van der Waals surface area contributed by atoms with Crippen molar-refractivity contribution in [1.82, 2.24) is 20.2 Å². The third-order valence-corrected chi connectivity index (χ3v) is 2.08. The molecule has 6 heteroatoms. The lowest BCUT2D eigenvalue weighted by Crippen LogP contribution is -1.80. The van der Waals surface area contributed by atoms with Crippen molar-refractivity contribution in [2.45, 2.75) is 0 Å². The Balaban J connectivity index is 2.94. The topological polar surface area (TPSA) is 54.5 Å². The molecular formula is C5H2BrClN4. The SMILES string of the molecule is Clc1ncnc2c(Br)[nH]nc12. The summed E-state index contributed by atoms with van der Waals surface area (Å²) in [6.07, 6.45) is 1.39. The van der Waals surface area contributed by atoms with Crippen LogP contribution in [0.2, 0.25) is 5.15 Å². The fraction of sp³-hybridized carbons (Fsp3) is 0. The van der Waals surface area contributed by atoms with Gasteiger partial charge in [0, 0.05) is 0 Å². The first-order chi connectivity index (χ1) is 5.29. The van der Waals surface area contributed by atoms with E-state index in [-0.39, 0.29) is 0 Å². The van der Waals surface area contributed by atoms with Crippen LogP contribution in [0.1, 0.15) is 0 Å². The second kappa shape index (κ2) is 2.42. The molecular weight excluding hydrogens is 231 g/mol. The fourth-order valence-corrected chi connectivity index (χ4v) is 1.33. The first kappa shape index (κ1) is 7.00. The number of nitrogens with one attached hydrogen (secondary N) is 1. The standard InChI is InChI=1S/C5H2BrClN4/c6-4-2-3(10-11-4)5(7)9-1-8-2/h1H,(H,10,11). The minimum Gasteiger partial charge on any atom is -0.268 e. The lowest BCUT2D eigenvalue weighted by molar-refractivity contribution is 1.09. The molecule has 2 heterocycles. The van der Waals surface area contributed by atoms with Gasteiger partial charge in [-0.2, -0.15) is 5.10 Å². The number of nitrogens with zero attached hydrogens (tertiary/aromatic N) is 3. The summed E-state index contributed by atoms with van der Waals surface area (Å²) >= 11 is 8.95. The Morgan fingerprint density at radius 1 is 1.36 bits per heavy atom. The van der Waals surface area contributed by atoms with Gasteiger partial charge in [0.2, 0.25) is 0 Å². The zero-order chi connectivity index (χ0) is 7.84. The summed E-state index contributed by atoms with van der Waals surface area (Å²) in [4.78, 5) is 7.74. The molecule has 0 bridgehead atoms. The Bertz CT molecular complexity index is 398. The van der Waals surface area contributed by atoms with Gasteiger partial charge >= 0.3 is 0 Å². The van der Waals surface area contributed by atoms with E-state index in [1.54, 1.807) is 0 Å². The first-order valence-electron chi connectivity index (χ1n) is 2.79. The molecule has 2 rings (SSSR count). The summed E-state index contributed by atoms with van der Waals surface area (Å²) in [5, 5.41) is 6.94. The molecule has 0 spiro atoms. The van der Waals surface area contributed by atoms with Crippen molar-refractivity contribution in [2.75, 3.05) is 0 Å². The van der Waals surface area contributed by atoms with Crippen LogP contribution >= 0.6 is 27.5 Å². The molecule has 2 aromatic heterocycles. The maximum absolute atomic E-state index is 5.72. The van der Waals surface area contributed by atoms with Crippen LogP contribution in [0.4, 0.5) is 0 Å². The van der Waals surface area contributed by atoms with E-state index in [9.17, 15) is 0 Å². The zero-order valence-electron chi connectivity index (χ0n) is 5.17. The van der Waals surface area contributed by atoms with Crippen molar-refractivity contribution in [3.63, 3.8) is 0 Å². The van der Waals surface area contributed by atoms with Gasteiger partial charge in [-0.25, -0.2) is 9.97 Å². The van der Waals surface area contributed by atoms with Crippen LogP contribution in [-0.4, -0.2) is 20.2 Å². The highest BCUT2D eigenvalue weighted by molar-refractivity contribution is 9.10. The van der Waals surface area contributed by atoms with E-state index in [4.69, 9.17) is 11.6 Å². The van der Waals surface area contributed by atoms with Crippen LogP contribution in [0.5, 0.6) is 0 Å². The van der Waals surface area contributed by atoms with Gasteiger partial charge in [0.1, 0.15) is 22.0 Å². The maximum atomic E-state index is 5.72. The van der Waals surface area contributed by atoms with Gasteiger partial charge in [-0.15, -0.1) is 0 Å². The molecule has 56 valence electrons. The van der Waals surface area contributed by atoms with Crippen molar-refractivity contribution in [1.29, 1.82) is 0 Å². The molecule has 2 aromatic rings. The van der Waals surface area contributed by atoms with E-state index in [1.165, 1.54) is 6.33 Å². The van der Waals surface area contributed by atoms with E-state index in [2.05, 4.69) is 36.1 Å². The van der Waals surface area contributed by atoms with Crippen LogP contribution < -0.4 is 0 Å². The van der Waals surface area contributed by atoms with Crippen LogP contribution in [-0.2, 0) is 0 Å². The Morgan fingerprint density at radius 2 is 2.18 bits per heavy atom. The minimum absolute atomic E-state index is 0.358. The highest BCUT2D eigenvalue weighted by Crippen LogP contribution is 2.21. The minimum atomic E-state index is 0.358. The summed E-state index contributed by atoms with van der Waals surface area (Å²) in [7, 11) is 0. The summed E-state index contributed by atoms with van der Waals surface area (Å²) in [5.74, 6) is 0. The van der Waals surface area contributed by atoms with E-state index in [0.29, 0.717) is 16.2 Å². The number of halogens is 2. The Kier molecular flexibility index (Phi) is 1.54. The van der Waals surface area contributed by atoms with Gasteiger partial charge in [0.15, 0.2) is 5.15 Å². The summed E-state index contributed by atoms with van der Waals surface area (Å²) < 4.78 is 0.719. The Labute approximate surface area is 75.1 Å². The smallest absolute Gasteiger partial charge is 0.160 e. The Morgan fingerprint density at radius 3 is 2.91 bits per heavy atom. The summed E-state index contributed by atoms with van der Waals surface area (Å²) in [6.45, 7) is 0. The van der Waals surface area contributed by atoms with Gasteiger partial charge in [0.25, 0.3) is 0 Å². The lowest BCUT2D eigenvalue weighted by atomic mass is 10.5. The molecule has 0 fully saturated rings. The average molecular weight is 233 g/mol. The Hall–Kier alpha value is -0.680. The van der Waals surface area contributed by atoms with E-state index < -0.39 is 0 Å². The number of fused-ring (bicyclic) bond motifs is 1. The molecule has 11 heavy (non-hydrogen) atoms. The predicted molar refractivity (Wildman–Crippen MR) is 44.4 cm³/mol. The molecule has 0 atom stereocenters. The zero-order valence-corrected chi connectivity index (χ0v) is 7.52. The van der Waals surface area contributed by atoms with Crippen molar-refractivity contribution < 1.29 is 0 Å². The van der Waals surface area contributed by atoms with Crippen molar-refractivity contribution in [3.05, 3.63) is 16.1 Å². The molecule has 0 saturated carbocycles. The fourth-order valence-electron chi connectivity index (χ4n) is 0.775. The number of hydrogen-bond donors (Lipinski definition) is 1. The molecule has 1 N–H and O–H groups in total. The molecule has 0 radical (unpaired) electrons. The van der Waals surface area contributed by atoms with Crippen LogP contribution in [0.25, 0.3) is 11.0 Å². The van der Waals surface area contributed by atoms with Gasteiger partial charge in [-0.3, -0.25) is 5.10 Å². The van der Waals surface area contributed by atoms with Crippen LogP contribution in [0.3, 0.4) is 0 Å². The maximum Gasteiger partial charge on any atom is 0.160 e. The third kappa shape index (κ3) is 1.00. The molecule has 0 aliphatic rings. The van der Waals surface area contributed by atoms with Crippen LogP contribution in [0.15, 0.2) is 10.9 Å². The number of H-pyrrole nitrogens is 1. The van der Waals surface area contributed by atoms with E-state index in [1.807, 2.05) is 0 Å². The molecule has 0 saturated heterocycles. The highest BCUT2D eigenvalue weighted by atomic mass is 79.9. The van der Waals surface area contributed by atoms with Crippen molar-refractivity contribution in [3.8, 4) is 0 Å². The average Bonchev–Trinajstić information content (AvgIpc) is 2.35. The number of aromatic nitrogens is 4. The second-order valence-electron chi connectivity index (χ2n) is 1.90. The lowest BCUT2D eigenvalue weighted by Gasteiger charge is -1.87. The molecule has 4 nitrogen and oxygen atoms in total. The number of rotatable bonds is 0. The molecule has 0 aliphatic heterocycles. The molecule has 0 unspecified atom stereocenters. The van der Waals surface area contributed by atoms with Gasteiger partial charge in [-0.1, -0.05) is 11.6 Å². The van der Waals surface area contributed by atoms with Gasteiger partial charge in [-0.05, 0) is 15.9 Å². The molecule has 0 aliphatic carbocycles. The summed E-state index contributed by atoms with van der Waals surface area (Å²) in [5.41, 5.74) is 1.28. The number of aromatic amines is 1. The quantitative estimate of drug-likeness (QED) is 0.706. The second-order valence-corrected chi connectivity index (χ2v) is 3.05. The number of hydrogen-bond acceptors (Lipinski definition) is 3. The summed E-state index contributed by atoms with van der Waals surface area (Å²) in [6, 6.07) is 0. The van der Waals surface area contributed by atoms with E-state index >= 15 is 0 Å². The van der Waals surface area contributed by atoms with E-state index in [0.717, 1.165) is 4.60 Å². The van der Waals surface area contributed by atoms with Crippen molar-refractivity contribution >= 4 is 38.6 Å². The largest absolute Gasteiger partial charge is 0.268 e. The monoisotopic (exact) mass is 232 g/mol. The highest BCUT2D eigenvalue weighted by Gasteiger charge is 2.06. The third-order valence-electron chi connectivity index (χ3n) is 1.25. The molecule has 0 amide bonds. The predicted octanol–water partition coefficient (Wildman–Crippen LogP) is 1.77. The van der Waals surface area contributed by atoms with Gasteiger partial charge in [0.05, 0.1) is 0 Å². The normalized spacial score (nSPS) is 10.7.